The van der Waals surface area contributed by atoms with E-state index in [0.717, 1.165) is 25.9 Å². The van der Waals surface area contributed by atoms with Gasteiger partial charge in [-0.05, 0) is 60.7 Å². The van der Waals surface area contributed by atoms with E-state index in [4.69, 9.17) is 0 Å². The number of benzene rings is 2. The summed E-state index contributed by atoms with van der Waals surface area (Å²) in [6, 6.07) is 21.2. The standard InChI is InChI=1S/C28H31N3O2/c1-20-7-2-3-9-24(20)21-10-12-22(13-11-21)27-25-18-30(28(33)23-8-6-14-29-17-23)15-4-5-16-31(25)26(27)19-32/h2-3,6-14,17,25-27,32H,4-5,15-16,18-19H2,1H3/t25-,26+,27-/m0/s1. The van der Waals surface area contributed by atoms with Gasteiger partial charge in [-0.25, -0.2) is 0 Å². The number of hydrogen-bond donors (Lipinski definition) is 1. The first kappa shape index (κ1) is 21.8. The van der Waals surface area contributed by atoms with Gasteiger partial charge in [-0.2, -0.15) is 0 Å². The van der Waals surface area contributed by atoms with Crippen LogP contribution in [0.2, 0.25) is 0 Å². The van der Waals surface area contributed by atoms with E-state index >= 15 is 0 Å². The minimum absolute atomic E-state index is 0.0473. The number of aliphatic hydroxyl groups excluding tert-OH is 1. The van der Waals surface area contributed by atoms with Gasteiger partial charge in [0.1, 0.15) is 0 Å². The van der Waals surface area contributed by atoms with Crippen LogP contribution in [0, 0.1) is 6.92 Å². The van der Waals surface area contributed by atoms with Crippen molar-refractivity contribution >= 4 is 5.91 Å². The summed E-state index contributed by atoms with van der Waals surface area (Å²) < 4.78 is 0. The monoisotopic (exact) mass is 441 g/mol. The Morgan fingerprint density at radius 3 is 2.55 bits per heavy atom. The average molecular weight is 442 g/mol. The molecule has 3 heterocycles. The number of fused-ring (bicyclic) bond motifs is 1. The zero-order valence-corrected chi connectivity index (χ0v) is 19.1. The molecule has 1 N–H and O–H groups in total. The lowest BCUT2D eigenvalue weighted by Crippen LogP contribution is -2.67. The van der Waals surface area contributed by atoms with Crippen molar-refractivity contribution in [2.75, 3.05) is 26.2 Å². The zero-order valence-electron chi connectivity index (χ0n) is 19.1. The van der Waals surface area contributed by atoms with E-state index in [2.05, 4.69) is 65.3 Å². The summed E-state index contributed by atoms with van der Waals surface area (Å²) in [7, 11) is 0. The van der Waals surface area contributed by atoms with Gasteiger partial charge in [0.05, 0.1) is 12.2 Å². The molecule has 5 nitrogen and oxygen atoms in total. The van der Waals surface area contributed by atoms with E-state index in [9.17, 15) is 9.90 Å². The topological polar surface area (TPSA) is 56.7 Å². The predicted octanol–water partition coefficient (Wildman–Crippen LogP) is 4.12. The zero-order chi connectivity index (χ0) is 22.8. The normalized spacial score (nSPS) is 23.2. The smallest absolute Gasteiger partial charge is 0.255 e. The molecule has 1 amide bonds. The van der Waals surface area contributed by atoms with Crippen LogP contribution in [0.4, 0.5) is 0 Å². The Kier molecular flexibility index (Phi) is 6.25. The van der Waals surface area contributed by atoms with E-state index in [1.807, 2.05) is 17.0 Å². The van der Waals surface area contributed by atoms with Gasteiger partial charge in [0.25, 0.3) is 5.91 Å². The fraction of sp³-hybridized carbons (Fsp3) is 0.357. The van der Waals surface area contributed by atoms with Crippen molar-refractivity contribution in [3.05, 3.63) is 89.7 Å². The average Bonchev–Trinajstić information content (AvgIpc) is 2.84. The Labute approximate surface area is 195 Å². The van der Waals surface area contributed by atoms with Crippen LogP contribution in [-0.2, 0) is 0 Å². The molecule has 0 unspecified atom stereocenters. The Hall–Kier alpha value is -3.02. The van der Waals surface area contributed by atoms with Crippen LogP contribution in [0.5, 0.6) is 0 Å². The van der Waals surface area contributed by atoms with Gasteiger partial charge in [-0.15, -0.1) is 0 Å². The molecule has 0 saturated carbocycles. The van der Waals surface area contributed by atoms with Gasteiger partial charge in [0.15, 0.2) is 0 Å². The molecule has 5 rings (SSSR count). The molecule has 0 aliphatic carbocycles. The van der Waals surface area contributed by atoms with Gasteiger partial charge >= 0.3 is 0 Å². The minimum atomic E-state index is 0.0473. The fourth-order valence-corrected chi connectivity index (χ4v) is 5.58. The molecule has 170 valence electrons. The third kappa shape index (κ3) is 4.19. The van der Waals surface area contributed by atoms with Crippen LogP contribution < -0.4 is 0 Å². The van der Waals surface area contributed by atoms with Gasteiger partial charge in [0, 0.05) is 43.5 Å². The highest BCUT2D eigenvalue weighted by atomic mass is 16.3. The first-order chi connectivity index (χ1) is 16.2. The summed E-state index contributed by atoms with van der Waals surface area (Å²) >= 11 is 0. The van der Waals surface area contributed by atoms with Crippen molar-refractivity contribution in [3.63, 3.8) is 0 Å². The largest absolute Gasteiger partial charge is 0.395 e. The maximum absolute atomic E-state index is 13.2. The van der Waals surface area contributed by atoms with Crippen molar-refractivity contribution in [2.45, 2.75) is 37.8 Å². The van der Waals surface area contributed by atoms with Crippen LogP contribution in [0.25, 0.3) is 11.1 Å². The van der Waals surface area contributed by atoms with Crippen molar-refractivity contribution in [3.8, 4) is 11.1 Å². The molecular weight excluding hydrogens is 410 g/mol. The SMILES string of the molecule is Cc1ccccc1-c1ccc([C@@H]2[C@@H](CO)N3CCCCN(C(=O)c4cccnc4)C[C@@H]23)cc1. The summed E-state index contributed by atoms with van der Waals surface area (Å²) in [6.07, 6.45) is 5.35. The summed E-state index contributed by atoms with van der Waals surface area (Å²) in [5, 5.41) is 10.2. The highest BCUT2D eigenvalue weighted by molar-refractivity contribution is 5.93. The second-order valence-electron chi connectivity index (χ2n) is 9.22. The molecule has 2 saturated heterocycles. The molecule has 1 aromatic heterocycles. The molecule has 3 aromatic rings. The Morgan fingerprint density at radius 2 is 1.82 bits per heavy atom. The van der Waals surface area contributed by atoms with Crippen LogP contribution in [0.3, 0.4) is 0 Å². The Balaban J connectivity index is 1.40. The number of nitrogens with zero attached hydrogens (tertiary/aromatic N) is 3. The molecule has 0 bridgehead atoms. The quantitative estimate of drug-likeness (QED) is 0.662. The number of pyridine rings is 1. The number of aliphatic hydroxyl groups is 1. The molecule has 3 atom stereocenters. The number of rotatable bonds is 4. The van der Waals surface area contributed by atoms with Crippen molar-refractivity contribution in [1.82, 2.24) is 14.8 Å². The van der Waals surface area contributed by atoms with E-state index in [1.165, 1.54) is 22.3 Å². The highest BCUT2D eigenvalue weighted by Crippen LogP contribution is 2.42. The molecule has 33 heavy (non-hydrogen) atoms. The molecule has 0 spiro atoms. The lowest BCUT2D eigenvalue weighted by Gasteiger charge is -2.57. The van der Waals surface area contributed by atoms with Gasteiger partial charge in [-0.3, -0.25) is 14.7 Å². The maximum Gasteiger partial charge on any atom is 0.255 e. The summed E-state index contributed by atoms with van der Waals surface area (Å²) in [5.74, 6) is 0.259. The lowest BCUT2D eigenvalue weighted by molar-refractivity contribution is -0.0606. The molecular formula is C28H31N3O2. The molecule has 5 heteroatoms. The van der Waals surface area contributed by atoms with Crippen LogP contribution in [0.1, 0.15) is 40.2 Å². The van der Waals surface area contributed by atoms with E-state index in [1.54, 1.807) is 12.4 Å². The fourth-order valence-electron chi connectivity index (χ4n) is 5.58. The number of carbonyl (C=O) groups is 1. The number of aromatic nitrogens is 1. The maximum atomic E-state index is 13.2. The first-order valence-electron chi connectivity index (χ1n) is 11.9. The minimum Gasteiger partial charge on any atom is -0.395 e. The predicted molar refractivity (Wildman–Crippen MR) is 130 cm³/mol. The first-order valence-corrected chi connectivity index (χ1v) is 11.9. The number of aryl methyl sites for hydroxylation is 1. The number of hydrogen-bond acceptors (Lipinski definition) is 4. The Bertz CT molecular complexity index is 1100. The van der Waals surface area contributed by atoms with Crippen LogP contribution >= 0.6 is 0 Å². The second kappa shape index (κ2) is 9.46. The second-order valence-corrected chi connectivity index (χ2v) is 9.22. The molecule has 0 radical (unpaired) electrons. The van der Waals surface area contributed by atoms with E-state index < -0.39 is 0 Å². The molecule has 2 fully saturated rings. The number of amides is 1. The molecule has 2 aromatic carbocycles. The third-order valence-corrected chi connectivity index (χ3v) is 7.32. The number of carbonyl (C=O) groups excluding carboxylic acids is 1. The van der Waals surface area contributed by atoms with Gasteiger partial charge in [0.2, 0.25) is 0 Å². The van der Waals surface area contributed by atoms with Crippen molar-refractivity contribution in [1.29, 1.82) is 0 Å². The summed E-state index contributed by atoms with van der Waals surface area (Å²) in [6.45, 7) is 4.69. The van der Waals surface area contributed by atoms with Crippen molar-refractivity contribution in [2.24, 2.45) is 0 Å². The van der Waals surface area contributed by atoms with Crippen molar-refractivity contribution < 1.29 is 9.90 Å². The summed E-state index contributed by atoms with van der Waals surface area (Å²) in [4.78, 5) is 21.7. The van der Waals surface area contributed by atoms with Crippen LogP contribution in [-0.4, -0.2) is 64.1 Å². The van der Waals surface area contributed by atoms with Crippen LogP contribution in [0.15, 0.2) is 73.1 Å². The van der Waals surface area contributed by atoms with Gasteiger partial charge < -0.3 is 10.0 Å². The van der Waals surface area contributed by atoms with E-state index in [0.29, 0.717) is 12.1 Å². The molecule has 2 aliphatic heterocycles. The van der Waals surface area contributed by atoms with Gasteiger partial charge in [-0.1, -0.05) is 48.5 Å². The Morgan fingerprint density at radius 1 is 1.03 bits per heavy atom. The van der Waals surface area contributed by atoms with E-state index in [-0.39, 0.29) is 30.5 Å². The third-order valence-electron chi connectivity index (χ3n) is 7.32. The molecule has 2 aliphatic rings. The summed E-state index contributed by atoms with van der Waals surface area (Å²) in [5.41, 5.74) is 5.60. The lowest BCUT2D eigenvalue weighted by atomic mass is 9.74. The highest BCUT2D eigenvalue weighted by Gasteiger charge is 2.49.